The average Bonchev–Trinajstić information content (AvgIpc) is 3.00. The van der Waals surface area contributed by atoms with E-state index in [1.807, 2.05) is 6.07 Å². The second-order valence-electron chi connectivity index (χ2n) is 5.09. The number of phenols is 2. The molecule has 2 heterocycles. The van der Waals surface area contributed by atoms with E-state index in [0.717, 1.165) is 18.7 Å². The van der Waals surface area contributed by atoms with Crippen molar-refractivity contribution < 1.29 is 10.2 Å². The van der Waals surface area contributed by atoms with Crippen molar-refractivity contribution in [2.75, 3.05) is 13.1 Å². The highest BCUT2D eigenvalue weighted by Gasteiger charge is 2.31. The Balaban J connectivity index is 1.95. The standard InChI is InChI=1S/C15H17NO2S/c1-9-4-5-19-15(9)12-8-16-7-11(12)10-2-3-13(17)14(18)6-10/h2-6,11-12,16-18H,7-8H2,1H3/t11-,12-/m0/s1. The summed E-state index contributed by atoms with van der Waals surface area (Å²) in [6, 6.07) is 7.32. The monoisotopic (exact) mass is 275 g/mol. The third-order valence-electron chi connectivity index (χ3n) is 3.88. The van der Waals surface area contributed by atoms with E-state index in [1.54, 1.807) is 23.5 Å². The highest BCUT2D eigenvalue weighted by Crippen LogP contribution is 2.41. The first-order chi connectivity index (χ1) is 9.16. The average molecular weight is 275 g/mol. The fraction of sp³-hybridized carbons (Fsp3) is 0.333. The Hall–Kier alpha value is -1.52. The van der Waals surface area contributed by atoms with Crippen LogP contribution in [0.3, 0.4) is 0 Å². The summed E-state index contributed by atoms with van der Waals surface area (Å²) in [4.78, 5) is 1.42. The molecule has 3 nitrogen and oxygen atoms in total. The molecule has 0 saturated carbocycles. The maximum absolute atomic E-state index is 9.66. The molecule has 3 rings (SSSR count). The number of phenolic OH excluding ortho intramolecular Hbond substituents is 2. The molecule has 1 saturated heterocycles. The Bertz CT molecular complexity index is 594. The lowest BCUT2D eigenvalue weighted by Crippen LogP contribution is -2.08. The van der Waals surface area contributed by atoms with Gasteiger partial charge in [-0.05, 0) is 41.6 Å². The summed E-state index contributed by atoms with van der Waals surface area (Å²) in [5.41, 5.74) is 2.42. The van der Waals surface area contributed by atoms with Crippen molar-refractivity contribution in [1.29, 1.82) is 0 Å². The van der Waals surface area contributed by atoms with Crippen LogP contribution in [0.5, 0.6) is 11.5 Å². The summed E-state index contributed by atoms with van der Waals surface area (Å²) in [6.45, 7) is 4.02. The second-order valence-corrected chi connectivity index (χ2v) is 6.03. The molecule has 0 unspecified atom stereocenters. The van der Waals surface area contributed by atoms with E-state index < -0.39 is 0 Å². The summed E-state index contributed by atoms with van der Waals surface area (Å²) in [5, 5.41) is 24.6. The lowest BCUT2D eigenvalue weighted by molar-refractivity contribution is 0.402. The molecule has 19 heavy (non-hydrogen) atoms. The maximum atomic E-state index is 9.66. The molecule has 2 aromatic rings. The quantitative estimate of drug-likeness (QED) is 0.739. The third-order valence-corrected chi connectivity index (χ3v) is 5.03. The molecule has 2 atom stereocenters. The van der Waals surface area contributed by atoms with Crippen LogP contribution in [0.25, 0.3) is 0 Å². The van der Waals surface area contributed by atoms with E-state index in [-0.39, 0.29) is 11.5 Å². The van der Waals surface area contributed by atoms with Gasteiger partial charge in [0.25, 0.3) is 0 Å². The normalized spacial score (nSPS) is 22.8. The van der Waals surface area contributed by atoms with Crippen LogP contribution < -0.4 is 5.32 Å². The smallest absolute Gasteiger partial charge is 0.157 e. The molecule has 0 amide bonds. The van der Waals surface area contributed by atoms with Crippen molar-refractivity contribution in [3.8, 4) is 11.5 Å². The number of aromatic hydroxyl groups is 2. The number of aryl methyl sites for hydroxylation is 1. The van der Waals surface area contributed by atoms with E-state index in [9.17, 15) is 10.2 Å². The van der Waals surface area contributed by atoms with Gasteiger partial charge in [-0.1, -0.05) is 6.07 Å². The number of hydrogen-bond donors (Lipinski definition) is 3. The van der Waals surface area contributed by atoms with Gasteiger partial charge in [0.1, 0.15) is 0 Å². The van der Waals surface area contributed by atoms with Gasteiger partial charge in [0.15, 0.2) is 11.5 Å². The minimum atomic E-state index is -0.0569. The Morgan fingerprint density at radius 1 is 1.11 bits per heavy atom. The molecule has 4 heteroatoms. The summed E-state index contributed by atoms with van der Waals surface area (Å²) < 4.78 is 0. The summed E-state index contributed by atoms with van der Waals surface area (Å²) in [6.07, 6.45) is 0. The molecule has 0 bridgehead atoms. The molecule has 0 aliphatic carbocycles. The van der Waals surface area contributed by atoms with E-state index in [4.69, 9.17) is 0 Å². The van der Waals surface area contributed by atoms with Crippen molar-refractivity contribution in [1.82, 2.24) is 5.32 Å². The molecule has 1 aliphatic heterocycles. The van der Waals surface area contributed by atoms with Gasteiger partial charge in [-0.3, -0.25) is 0 Å². The molecular weight excluding hydrogens is 258 g/mol. The van der Waals surface area contributed by atoms with Crippen molar-refractivity contribution in [2.45, 2.75) is 18.8 Å². The van der Waals surface area contributed by atoms with E-state index in [1.165, 1.54) is 10.4 Å². The molecular formula is C15H17NO2S. The van der Waals surface area contributed by atoms with E-state index in [2.05, 4.69) is 23.7 Å². The number of rotatable bonds is 2. The minimum Gasteiger partial charge on any atom is -0.504 e. The van der Waals surface area contributed by atoms with Crippen molar-refractivity contribution in [3.05, 3.63) is 45.6 Å². The molecule has 0 radical (unpaired) electrons. The zero-order chi connectivity index (χ0) is 13.4. The predicted octanol–water partition coefficient (Wildman–Crippen LogP) is 2.94. The van der Waals surface area contributed by atoms with Gasteiger partial charge in [0.2, 0.25) is 0 Å². The third kappa shape index (κ3) is 2.22. The molecule has 1 fully saturated rings. The van der Waals surface area contributed by atoms with Gasteiger partial charge in [-0.15, -0.1) is 11.3 Å². The van der Waals surface area contributed by atoms with E-state index in [0.29, 0.717) is 11.8 Å². The van der Waals surface area contributed by atoms with E-state index >= 15 is 0 Å². The SMILES string of the molecule is Cc1ccsc1[C@H]1CNC[C@H]1c1ccc(O)c(O)c1. The molecule has 3 N–H and O–H groups in total. The highest BCUT2D eigenvalue weighted by atomic mass is 32.1. The number of hydrogen-bond acceptors (Lipinski definition) is 4. The Labute approximate surface area is 116 Å². The maximum Gasteiger partial charge on any atom is 0.157 e. The predicted molar refractivity (Wildman–Crippen MR) is 77.2 cm³/mol. The Morgan fingerprint density at radius 3 is 2.58 bits per heavy atom. The number of nitrogens with one attached hydrogen (secondary N) is 1. The van der Waals surface area contributed by atoms with Crippen LogP contribution in [-0.2, 0) is 0 Å². The first-order valence-corrected chi connectivity index (χ1v) is 7.31. The first-order valence-electron chi connectivity index (χ1n) is 6.43. The fourth-order valence-electron chi connectivity index (χ4n) is 2.84. The Morgan fingerprint density at radius 2 is 1.89 bits per heavy atom. The van der Waals surface area contributed by atoms with Crippen LogP contribution in [0.1, 0.15) is 27.8 Å². The zero-order valence-electron chi connectivity index (χ0n) is 10.8. The van der Waals surface area contributed by atoms with Gasteiger partial charge >= 0.3 is 0 Å². The topological polar surface area (TPSA) is 52.5 Å². The molecule has 1 aromatic heterocycles. The van der Waals surface area contributed by atoms with Gasteiger partial charge in [-0.25, -0.2) is 0 Å². The second kappa shape index (κ2) is 4.87. The van der Waals surface area contributed by atoms with Gasteiger partial charge in [0.05, 0.1) is 0 Å². The first kappa shape index (κ1) is 12.5. The number of thiophene rings is 1. The largest absolute Gasteiger partial charge is 0.504 e. The summed E-state index contributed by atoms with van der Waals surface area (Å²) in [7, 11) is 0. The lowest BCUT2D eigenvalue weighted by atomic mass is 9.86. The van der Waals surface area contributed by atoms with Crippen LogP contribution in [0.2, 0.25) is 0 Å². The van der Waals surface area contributed by atoms with Crippen LogP contribution in [0.4, 0.5) is 0 Å². The number of benzene rings is 1. The molecule has 1 aliphatic rings. The molecule has 1 aromatic carbocycles. The van der Waals surface area contributed by atoms with Gasteiger partial charge < -0.3 is 15.5 Å². The summed E-state index contributed by atoms with van der Waals surface area (Å²) in [5.74, 6) is 0.706. The highest BCUT2D eigenvalue weighted by molar-refractivity contribution is 7.10. The van der Waals surface area contributed by atoms with Gasteiger partial charge in [-0.2, -0.15) is 0 Å². The van der Waals surface area contributed by atoms with Crippen LogP contribution in [0, 0.1) is 6.92 Å². The summed E-state index contributed by atoms with van der Waals surface area (Å²) >= 11 is 1.80. The van der Waals surface area contributed by atoms with Crippen LogP contribution in [0.15, 0.2) is 29.6 Å². The molecule has 0 spiro atoms. The fourth-order valence-corrected chi connectivity index (χ4v) is 3.93. The molecule has 100 valence electrons. The van der Waals surface area contributed by atoms with Gasteiger partial charge in [0, 0.05) is 29.8 Å². The Kier molecular flexibility index (Phi) is 3.21. The van der Waals surface area contributed by atoms with Crippen molar-refractivity contribution >= 4 is 11.3 Å². The van der Waals surface area contributed by atoms with Crippen LogP contribution >= 0.6 is 11.3 Å². The van der Waals surface area contributed by atoms with Crippen molar-refractivity contribution in [2.24, 2.45) is 0 Å². The zero-order valence-corrected chi connectivity index (χ0v) is 11.6. The lowest BCUT2D eigenvalue weighted by Gasteiger charge is -2.19. The minimum absolute atomic E-state index is 0.0361. The van der Waals surface area contributed by atoms with Crippen LogP contribution in [-0.4, -0.2) is 23.3 Å². The van der Waals surface area contributed by atoms with Crippen molar-refractivity contribution in [3.63, 3.8) is 0 Å².